The molecule has 1 aromatic rings. The van der Waals surface area contributed by atoms with Crippen LogP contribution in [-0.4, -0.2) is 11.2 Å². The second kappa shape index (κ2) is 5.33. The summed E-state index contributed by atoms with van der Waals surface area (Å²) >= 11 is 1.75. The van der Waals surface area contributed by atoms with Crippen LogP contribution in [0.1, 0.15) is 38.7 Å². The fraction of sp³-hybridized carbons (Fsp3) is 0.714. The van der Waals surface area contributed by atoms with Gasteiger partial charge in [-0.2, -0.15) is 11.3 Å². The lowest BCUT2D eigenvalue weighted by atomic mass is 9.73. The lowest BCUT2D eigenvalue weighted by Gasteiger charge is -2.35. The molecule has 3 atom stereocenters. The van der Waals surface area contributed by atoms with E-state index in [1.807, 2.05) is 0 Å². The number of hydrogen-bond acceptors (Lipinski definition) is 2. The molecule has 1 heterocycles. The van der Waals surface area contributed by atoms with E-state index in [0.717, 1.165) is 24.7 Å². The van der Waals surface area contributed by atoms with Crippen LogP contribution >= 0.6 is 11.3 Å². The highest BCUT2D eigenvalue weighted by Gasteiger charge is 2.30. The molecule has 1 saturated carbocycles. The van der Waals surface area contributed by atoms with Crippen LogP contribution in [0, 0.1) is 17.8 Å². The second-order valence-corrected chi connectivity index (χ2v) is 6.26. The van der Waals surface area contributed by atoms with E-state index >= 15 is 0 Å². The predicted octanol–water partition coefficient (Wildman–Crippen LogP) is 3.72. The van der Waals surface area contributed by atoms with Crippen molar-refractivity contribution in [1.29, 1.82) is 0 Å². The first-order valence-corrected chi connectivity index (χ1v) is 7.30. The lowest BCUT2D eigenvalue weighted by Crippen LogP contribution is -2.32. The van der Waals surface area contributed by atoms with Gasteiger partial charge in [0.1, 0.15) is 0 Å². The van der Waals surface area contributed by atoms with Gasteiger partial charge in [-0.3, -0.25) is 0 Å². The van der Waals surface area contributed by atoms with Crippen LogP contribution in [0.2, 0.25) is 0 Å². The van der Waals surface area contributed by atoms with Crippen molar-refractivity contribution in [2.75, 3.05) is 0 Å². The van der Waals surface area contributed by atoms with Gasteiger partial charge in [-0.1, -0.05) is 13.8 Å². The summed E-state index contributed by atoms with van der Waals surface area (Å²) in [6.07, 6.45) is 4.40. The topological polar surface area (TPSA) is 20.2 Å². The van der Waals surface area contributed by atoms with Crippen molar-refractivity contribution >= 4 is 11.3 Å². The highest BCUT2D eigenvalue weighted by molar-refractivity contribution is 7.07. The van der Waals surface area contributed by atoms with Crippen molar-refractivity contribution in [2.45, 2.75) is 45.6 Å². The highest BCUT2D eigenvalue weighted by Crippen LogP contribution is 2.35. The van der Waals surface area contributed by atoms with Gasteiger partial charge < -0.3 is 5.11 Å². The third-order valence-corrected chi connectivity index (χ3v) is 4.74. The molecule has 1 nitrogen and oxygen atoms in total. The van der Waals surface area contributed by atoms with Crippen LogP contribution in [0.15, 0.2) is 16.8 Å². The maximum atomic E-state index is 10.1. The van der Waals surface area contributed by atoms with Gasteiger partial charge in [-0.15, -0.1) is 0 Å². The van der Waals surface area contributed by atoms with Gasteiger partial charge in [-0.05, 0) is 65.8 Å². The SMILES string of the molecule is CC(C)C1CCC(O)C(Cc2ccsc2)C1. The molecule has 1 aliphatic rings. The Balaban J connectivity index is 1.96. The standard InChI is InChI=1S/C14H22OS/c1-10(2)12-3-4-14(15)13(8-12)7-11-5-6-16-9-11/h5-6,9-10,12-15H,3-4,7-8H2,1-2H3. The van der Waals surface area contributed by atoms with Crippen molar-refractivity contribution in [3.63, 3.8) is 0 Å². The van der Waals surface area contributed by atoms with Crippen molar-refractivity contribution in [2.24, 2.45) is 17.8 Å². The number of thiophene rings is 1. The van der Waals surface area contributed by atoms with Gasteiger partial charge >= 0.3 is 0 Å². The summed E-state index contributed by atoms with van der Waals surface area (Å²) in [5.41, 5.74) is 1.40. The molecule has 1 N–H and O–H groups in total. The zero-order chi connectivity index (χ0) is 11.5. The van der Waals surface area contributed by atoms with Crippen LogP contribution in [0.4, 0.5) is 0 Å². The first-order valence-electron chi connectivity index (χ1n) is 6.36. The van der Waals surface area contributed by atoms with E-state index in [-0.39, 0.29) is 6.10 Å². The average Bonchev–Trinajstić information content (AvgIpc) is 2.73. The first kappa shape index (κ1) is 12.1. The molecule has 0 aromatic carbocycles. The smallest absolute Gasteiger partial charge is 0.0571 e. The van der Waals surface area contributed by atoms with Gasteiger partial charge in [-0.25, -0.2) is 0 Å². The van der Waals surface area contributed by atoms with Crippen LogP contribution in [0.5, 0.6) is 0 Å². The molecule has 1 aliphatic carbocycles. The van der Waals surface area contributed by atoms with Gasteiger partial charge in [0.15, 0.2) is 0 Å². The van der Waals surface area contributed by atoms with Crippen LogP contribution in [0.25, 0.3) is 0 Å². The van der Waals surface area contributed by atoms with E-state index in [1.165, 1.54) is 18.4 Å². The molecule has 2 heteroatoms. The Labute approximate surface area is 103 Å². The maximum Gasteiger partial charge on any atom is 0.0571 e. The molecule has 0 saturated heterocycles. The van der Waals surface area contributed by atoms with E-state index in [1.54, 1.807) is 11.3 Å². The molecule has 0 spiro atoms. The number of rotatable bonds is 3. The zero-order valence-corrected chi connectivity index (χ0v) is 11.0. The van der Waals surface area contributed by atoms with Gasteiger partial charge in [0.05, 0.1) is 6.10 Å². The van der Waals surface area contributed by atoms with Crippen LogP contribution in [0.3, 0.4) is 0 Å². The predicted molar refractivity (Wildman–Crippen MR) is 69.7 cm³/mol. The summed E-state index contributed by atoms with van der Waals surface area (Å²) in [6, 6.07) is 2.19. The highest BCUT2D eigenvalue weighted by atomic mass is 32.1. The van der Waals surface area contributed by atoms with E-state index < -0.39 is 0 Å². The fourth-order valence-electron chi connectivity index (χ4n) is 2.82. The molecule has 0 bridgehead atoms. The summed E-state index contributed by atoms with van der Waals surface area (Å²) in [4.78, 5) is 0. The van der Waals surface area contributed by atoms with Gasteiger partial charge in [0.2, 0.25) is 0 Å². The minimum Gasteiger partial charge on any atom is -0.393 e. The quantitative estimate of drug-likeness (QED) is 0.851. The summed E-state index contributed by atoms with van der Waals surface area (Å²) in [5.74, 6) is 2.06. The minimum atomic E-state index is -0.0742. The molecule has 1 fully saturated rings. The molecule has 1 aromatic heterocycles. The molecule has 2 rings (SSSR count). The Morgan fingerprint density at radius 2 is 2.25 bits per heavy atom. The number of aliphatic hydroxyl groups excluding tert-OH is 1. The van der Waals surface area contributed by atoms with Crippen molar-refractivity contribution < 1.29 is 5.11 Å². The molecule has 16 heavy (non-hydrogen) atoms. The van der Waals surface area contributed by atoms with Crippen LogP contribution < -0.4 is 0 Å². The number of hydrogen-bond donors (Lipinski definition) is 1. The number of aliphatic hydroxyl groups is 1. The van der Waals surface area contributed by atoms with E-state index in [2.05, 4.69) is 30.7 Å². The van der Waals surface area contributed by atoms with E-state index in [4.69, 9.17) is 0 Å². The monoisotopic (exact) mass is 238 g/mol. The Hall–Kier alpha value is -0.340. The average molecular weight is 238 g/mol. The van der Waals surface area contributed by atoms with Gasteiger partial charge in [0, 0.05) is 0 Å². The lowest BCUT2D eigenvalue weighted by molar-refractivity contribution is 0.0379. The molecular formula is C14H22OS. The Kier molecular flexibility index (Phi) is 4.04. The molecule has 0 aliphatic heterocycles. The second-order valence-electron chi connectivity index (χ2n) is 5.48. The molecule has 90 valence electrons. The third kappa shape index (κ3) is 2.86. The molecule has 0 amide bonds. The normalized spacial score (nSPS) is 30.9. The summed E-state index contributed by atoms with van der Waals surface area (Å²) < 4.78 is 0. The first-order chi connectivity index (χ1) is 7.66. The summed E-state index contributed by atoms with van der Waals surface area (Å²) in [5, 5.41) is 14.4. The van der Waals surface area contributed by atoms with Crippen molar-refractivity contribution in [3.8, 4) is 0 Å². The maximum absolute atomic E-state index is 10.1. The van der Waals surface area contributed by atoms with Crippen LogP contribution in [-0.2, 0) is 6.42 Å². The largest absolute Gasteiger partial charge is 0.393 e. The minimum absolute atomic E-state index is 0.0742. The van der Waals surface area contributed by atoms with E-state index in [0.29, 0.717) is 5.92 Å². The zero-order valence-electron chi connectivity index (χ0n) is 10.2. The Bertz CT molecular complexity index is 305. The van der Waals surface area contributed by atoms with Crippen molar-refractivity contribution in [1.82, 2.24) is 0 Å². The molecule has 3 unspecified atom stereocenters. The third-order valence-electron chi connectivity index (χ3n) is 4.00. The fourth-order valence-corrected chi connectivity index (χ4v) is 3.50. The molecular weight excluding hydrogens is 216 g/mol. The van der Waals surface area contributed by atoms with E-state index in [9.17, 15) is 5.11 Å². The Morgan fingerprint density at radius 3 is 2.88 bits per heavy atom. The van der Waals surface area contributed by atoms with Crippen molar-refractivity contribution in [3.05, 3.63) is 22.4 Å². The summed E-state index contributed by atoms with van der Waals surface area (Å²) in [6.45, 7) is 4.62. The Morgan fingerprint density at radius 1 is 1.44 bits per heavy atom. The van der Waals surface area contributed by atoms with Gasteiger partial charge in [0.25, 0.3) is 0 Å². The summed E-state index contributed by atoms with van der Waals surface area (Å²) in [7, 11) is 0. The molecule has 0 radical (unpaired) electrons.